The molecule has 1 aromatic carbocycles. The van der Waals surface area contributed by atoms with Crippen LogP contribution in [0, 0.1) is 5.41 Å². The zero-order chi connectivity index (χ0) is 19.7. The number of benzene rings is 1. The van der Waals surface area contributed by atoms with E-state index in [-0.39, 0.29) is 17.8 Å². The number of ether oxygens (including phenoxy) is 2. The number of rotatable bonds is 3. The zero-order valence-electron chi connectivity index (χ0n) is 14.8. The molecule has 1 aliphatic heterocycles. The summed E-state index contributed by atoms with van der Waals surface area (Å²) in [6.45, 7) is 0.513. The Bertz CT molecular complexity index is 698. The van der Waals surface area contributed by atoms with Gasteiger partial charge in [0.2, 0.25) is 5.91 Å². The van der Waals surface area contributed by atoms with Crippen molar-refractivity contribution in [3.05, 3.63) is 24.3 Å². The molecule has 2 amide bonds. The molecule has 1 aliphatic carbocycles. The van der Waals surface area contributed by atoms with Gasteiger partial charge in [-0.05, 0) is 56.4 Å². The van der Waals surface area contributed by atoms with Gasteiger partial charge in [-0.25, -0.2) is 4.79 Å². The fraction of sp³-hybridized carbons (Fsp3) is 0.556. The first kappa shape index (κ1) is 19.3. The lowest BCUT2D eigenvalue weighted by molar-refractivity contribution is -0.274. The molecule has 2 aliphatic rings. The summed E-state index contributed by atoms with van der Waals surface area (Å²) in [5, 5.41) is 2.41. The largest absolute Gasteiger partial charge is 0.573 e. The molecular formula is C18H21F3N2O4. The third-order valence-corrected chi connectivity index (χ3v) is 5.26. The summed E-state index contributed by atoms with van der Waals surface area (Å²) < 4.78 is 45.9. The second-order valence-corrected chi connectivity index (χ2v) is 6.88. The molecule has 3 rings (SSSR count). The molecule has 0 unspecified atom stereocenters. The van der Waals surface area contributed by atoms with Crippen LogP contribution < -0.4 is 15.0 Å². The number of amides is 2. The molecule has 1 saturated heterocycles. The Balaban J connectivity index is 1.63. The Morgan fingerprint density at radius 1 is 1.19 bits per heavy atom. The standard InChI is InChI=1S/C18H21F3N2O4/c1-22-16(25)26-13-6-8-17(9-7-13)10-11-23(15(17)24)12-2-4-14(5-3-12)27-18(19,20)21/h2-5,13H,6-11H2,1H3,(H,22,25)/t13-,17-. The summed E-state index contributed by atoms with van der Waals surface area (Å²) in [4.78, 5) is 25.9. The summed E-state index contributed by atoms with van der Waals surface area (Å²) in [6, 6.07) is 5.32. The van der Waals surface area contributed by atoms with Crippen LogP contribution in [0.15, 0.2) is 24.3 Å². The van der Waals surface area contributed by atoms with Crippen molar-refractivity contribution in [3.8, 4) is 5.75 Å². The Kier molecular flexibility index (Phi) is 5.21. The second-order valence-electron chi connectivity index (χ2n) is 6.88. The predicted molar refractivity (Wildman–Crippen MR) is 90.3 cm³/mol. The molecule has 0 atom stereocenters. The molecular weight excluding hydrogens is 365 g/mol. The fourth-order valence-corrected chi connectivity index (χ4v) is 3.83. The number of carbonyl (C=O) groups is 2. The molecule has 1 N–H and O–H groups in total. The highest BCUT2D eigenvalue weighted by Gasteiger charge is 2.49. The van der Waals surface area contributed by atoms with Crippen molar-refractivity contribution in [1.29, 1.82) is 0 Å². The number of carbonyl (C=O) groups excluding carboxylic acids is 2. The molecule has 6 nitrogen and oxygen atoms in total. The molecule has 1 spiro atoms. The minimum Gasteiger partial charge on any atom is -0.446 e. The van der Waals surface area contributed by atoms with Gasteiger partial charge in [0.1, 0.15) is 11.9 Å². The van der Waals surface area contributed by atoms with Gasteiger partial charge < -0.3 is 19.7 Å². The Labute approximate surface area is 154 Å². The lowest BCUT2D eigenvalue weighted by atomic mass is 9.72. The third-order valence-electron chi connectivity index (χ3n) is 5.26. The van der Waals surface area contributed by atoms with Gasteiger partial charge in [0, 0.05) is 19.3 Å². The van der Waals surface area contributed by atoms with Crippen molar-refractivity contribution in [2.75, 3.05) is 18.5 Å². The van der Waals surface area contributed by atoms with E-state index in [4.69, 9.17) is 4.74 Å². The molecule has 2 fully saturated rings. The van der Waals surface area contributed by atoms with Crippen LogP contribution in [0.2, 0.25) is 0 Å². The molecule has 0 bridgehead atoms. The van der Waals surface area contributed by atoms with Crippen molar-refractivity contribution in [2.45, 2.75) is 44.6 Å². The Morgan fingerprint density at radius 2 is 1.81 bits per heavy atom. The quantitative estimate of drug-likeness (QED) is 0.862. The van der Waals surface area contributed by atoms with E-state index in [1.807, 2.05) is 0 Å². The lowest BCUT2D eigenvalue weighted by Gasteiger charge is -2.35. The number of halogens is 3. The van der Waals surface area contributed by atoms with Gasteiger partial charge in [0.05, 0.1) is 5.41 Å². The normalized spacial score (nSPS) is 25.6. The van der Waals surface area contributed by atoms with Gasteiger partial charge in [-0.3, -0.25) is 4.79 Å². The van der Waals surface area contributed by atoms with Crippen molar-refractivity contribution in [3.63, 3.8) is 0 Å². The van der Waals surface area contributed by atoms with E-state index < -0.39 is 17.9 Å². The van der Waals surface area contributed by atoms with Crippen LogP contribution in [0.1, 0.15) is 32.1 Å². The van der Waals surface area contributed by atoms with E-state index in [2.05, 4.69) is 10.1 Å². The summed E-state index contributed by atoms with van der Waals surface area (Å²) in [6.07, 6.45) is -2.26. The SMILES string of the molecule is CNC(=O)O[C@H]1CC[C@@]2(CCN(c3ccc(OC(F)(F)F)cc3)C2=O)CC1. The van der Waals surface area contributed by atoms with Gasteiger partial charge in [-0.2, -0.15) is 0 Å². The molecule has 1 saturated carbocycles. The predicted octanol–water partition coefficient (Wildman–Crippen LogP) is 3.61. The average Bonchev–Trinajstić information content (AvgIpc) is 2.93. The van der Waals surface area contributed by atoms with Crippen molar-refractivity contribution < 1.29 is 32.2 Å². The van der Waals surface area contributed by atoms with Gasteiger partial charge in [0.25, 0.3) is 0 Å². The summed E-state index contributed by atoms with van der Waals surface area (Å²) in [5.74, 6) is -0.343. The van der Waals surface area contributed by atoms with Crippen LogP contribution in [0.4, 0.5) is 23.7 Å². The minimum atomic E-state index is -4.75. The average molecular weight is 386 g/mol. The van der Waals surface area contributed by atoms with Crippen LogP contribution in [0.5, 0.6) is 5.75 Å². The monoisotopic (exact) mass is 386 g/mol. The van der Waals surface area contributed by atoms with Gasteiger partial charge >= 0.3 is 12.5 Å². The van der Waals surface area contributed by atoms with Gasteiger partial charge in [-0.1, -0.05) is 0 Å². The number of alkyl halides is 3. The lowest BCUT2D eigenvalue weighted by Crippen LogP contribution is -2.40. The molecule has 0 radical (unpaired) electrons. The minimum absolute atomic E-state index is 0.0228. The zero-order valence-corrected chi connectivity index (χ0v) is 14.8. The summed E-state index contributed by atoms with van der Waals surface area (Å²) in [5.41, 5.74) is 0.0686. The van der Waals surface area contributed by atoms with Crippen molar-refractivity contribution >= 4 is 17.7 Å². The van der Waals surface area contributed by atoms with E-state index in [0.29, 0.717) is 44.3 Å². The first-order chi connectivity index (χ1) is 12.7. The summed E-state index contributed by atoms with van der Waals surface area (Å²) >= 11 is 0. The number of nitrogens with one attached hydrogen (secondary N) is 1. The molecule has 1 aromatic rings. The van der Waals surface area contributed by atoms with Crippen molar-refractivity contribution in [1.82, 2.24) is 5.32 Å². The molecule has 27 heavy (non-hydrogen) atoms. The Hall–Kier alpha value is -2.45. The maximum absolute atomic E-state index is 13.0. The van der Waals surface area contributed by atoms with E-state index in [9.17, 15) is 22.8 Å². The molecule has 148 valence electrons. The van der Waals surface area contributed by atoms with Crippen LogP contribution in [0.25, 0.3) is 0 Å². The highest BCUT2D eigenvalue weighted by molar-refractivity contribution is 6.00. The highest BCUT2D eigenvalue weighted by atomic mass is 19.4. The van der Waals surface area contributed by atoms with Crippen LogP contribution >= 0.6 is 0 Å². The van der Waals surface area contributed by atoms with Crippen LogP contribution in [0.3, 0.4) is 0 Å². The van der Waals surface area contributed by atoms with Crippen LogP contribution in [-0.2, 0) is 9.53 Å². The second kappa shape index (κ2) is 7.28. The Morgan fingerprint density at radius 3 is 2.37 bits per heavy atom. The number of hydrogen-bond acceptors (Lipinski definition) is 4. The smallest absolute Gasteiger partial charge is 0.446 e. The number of alkyl carbamates (subject to hydrolysis) is 1. The molecule has 9 heteroatoms. The van der Waals surface area contributed by atoms with Gasteiger partial charge in [-0.15, -0.1) is 13.2 Å². The summed E-state index contributed by atoms with van der Waals surface area (Å²) in [7, 11) is 1.50. The van der Waals surface area contributed by atoms with Crippen molar-refractivity contribution in [2.24, 2.45) is 5.41 Å². The maximum atomic E-state index is 13.0. The maximum Gasteiger partial charge on any atom is 0.573 e. The van der Waals surface area contributed by atoms with Crippen LogP contribution in [-0.4, -0.2) is 38.1 Å². The first-order valence-electron chi connectivity index (χ1n) is 8.79. The number of anilines is 1. The van der Waals surface area contributed by atoms with Gasteiger partial charge in [0.15, 0.2) is 0 Å². The van der Waals surface area contributed by atoms with E-state index in [1.54, 1.807) is 4.90 Å². The molecule has 0 aromatic heterocycles. The topological polar surface area (TPSA) is 67.9 Å². The number of nitrogens with zero attached hydrogens (tertiary/aromatic N) is 1. The third kappa shape index (κ3) is 4.28. The molecule has 1 heterocycles. The highest BCUT2D eigenvalue weighted by Crippen LogP contribution is 2.46. The van der Waals surface area contributed by atoms with E-state index in [0.717, 1.165) is 0 Å². The fourth-order valence-electron chi connectivity index (χ4n) is 3.83. The van der Waals surface area contributed by atoms with E-state index in [1.165, 1.54) is 31.3 Å². The van der Waals surface area contributed by atoms with E-state index >= 15 is 0 Å². The first-order valence-corrected chi connectivity index (χ1v) is 8.79. The number of hydrogen-bond donors (Lipinski definition) is 1.